The van der Waals surface area contributed by atoms with E-state index in [1.54, 1.807) is 0 Å². The van der Waals surface area contributed by atoms with Gasteiger partial charge in [-0.2, -0.15) is 0 Å². The summed E-state index contributed by atoms with van der Waals surface area (Å²) in [5, 5.41) is 3.61. The van der Waals surface area contributed by atoms with Gasteiger partial charge in [0.1, 0.15) is 0 Å². The molecule has 0 radical (unpaired) electrons. The van der Waals surface area contributed by atoms with Crippen LogP contribution >= 0.6 is 0 Å². The van der Waals surface area contributed by atoms with Crippen molar-refractivity contribution in [1.82, 2.24) is 5.32 Å². The molecular weight excluding hydrogens is 198 g/mol. The van der Waals surface area contributed by atoms with Crippen molar-refractivity contribution in [3.05, 3.63) is 0 Å². The van der Waals surface area contributed by atoms with E-state index in [2.05, 4.69) is 12.2 Å². The maximum Gasteiger partial charge on any atom is 0.0675 e. The van der Waals surface area contributed by atoms with Crippen LogP contribution in [-0.2, 0) is 4.74 Å². The minimum Gasteiger partial charge on any atom is -0.377 e. The third-order valence-corrected chi connectivity index (χ3v) is 5.10. The Balaban J connectivity index is 1.75. The molecular formula is C14H25NO. The van der Waals surface area contributed by atoms with Gasteiger partial charge in [0.2, 0.25) is 0 Å². The summed E-state index contributed by atoms with van der Waals surface area (Å²) in [6, 6.07) is 0. The van der Waals surface area contributed by atoms with E-state index in [4.69, 9.17) is 4.74 Å². The summed E-state index contributed by atoms with van der Waals surface area (Å²) >= 11 is 0. The quantitative estimate of drug-likeness (QED) is 0.773. The molecule has 2 atom stereocenters. The predicted octanol–water partition coefficient (Wildman–Crippen LogP) is 2.58. The second kappa shape index (κ2) is 4.30. The third kappa shape index (κ3) is 1.70. The lowest BCUT2D eigenvalue weighted by molar-refractivity contribution is -0.0240. The maximum absolute atomic E-state index is 6.11. The van der Waals surface area contributed by atoms with Crippen molar-refractivity contribution >= 4 is 0 Å². The fraction of sp³-hybridized carbons (Fsp3) is 1.00. The normalized spacial score (nSPS) is 39.9. The molecule has 0 aromatic carbocycles. The second-order valence-corrected chi connectivity index (χ2v) is 6.02. The minimum atomic E-state index is 0.509. The number of nitrogens with one attached hydrogen (secondary N) is 1. The Morgan fingerprint density at radius 2 is 2.06 bits per heavy atom. The first-order chi connectivity index (χ1) is 7.87. The smallest absolute Gasteiger partial charge is 0.0675 e. The van der Waals surface area contributed by atoms with Gasteiger partial charge in [-0.3, -0.25) is 0 Å². The summed E-state index contributed by atoms with van der Waals surface area (Å²) in [7, 11) is 0. The second-order valence-electron chi connectivity index (χ2n) is 6.02. The van der Waals surface area contributed by atoms with Crippen molar-refractivity contribution in [2.45, 2.75) is 51.6 Å². The molecule has 16 heavy (non-hydrogen) atoms. The van der Waals surface area contributed by atoms with Crippen LogP contribution < -0.4 is 5.32 Å². The summed E-state index contributed by atoms with van der Waals surface area (Å²) in [4.78, 5) is 0. The molecule has 0 spiro atoms. The summed E-state index contributed by atoms with van der Waals surface area (Å²) in [5.41, 5.74) is 0.509. The van der Waals surface area contributed by atoms with Gasteiger partial charge < -0.3 is 10.1 Å². The summed E-state index contributed by atoms with van der Waals surface area (Å²) in [5.74, 6) is 1.86. The van der Waals surface area contributed by atoms with E-state index in [1.807, 2.05) is 0 Å². The Hall–Kier alpha value is -0.0800. The summed E-state index contributed by atoms with van der Waals surface area (Å²) in [6.45, 7) is 5.54. The van der Waals surface area contributed by atoms with Crippen molar-refractivity contribution in [2.24, 2.45) is 17.3 Å². The van der Waals surface area contributed by atoms with Gasteiger partial charge in [0.25, 0.3) is 0 Å². The number of hydrogen-bond donors (Lipinski definition) is 1. The molecule has 2 aliphatic carbocycles. The molecule has 2 unspecified atom stereocenters. The van der Waals surface area contributed by atoms with Crippen molar-refractivity contribution < 1.29 is 4.74 Å². The van der Waals surface area contributed by atoms with Gasteiger partial charge in [0.15, 0.2) is 0 Å². The lowest BCUT2D eigenvalue weighted by atomic mass is 9.61. The lowest BCUT2D eigenvalue weighted by Crippen LogP contribution is -2.49. The first-order valence-electron chi connectivity index (χ1n) is 7.19. The standard InChI is InChI=1S/C14H25NO/c1-2-15-10-14(12-4-3-5-12)8-9-16-13(14)11-6-7-11/h11-13,15H,2-10H2,1H3. The van der Waals surface area contributed by atoms with Gasteiger partial charge in [-0.05, 0) is 50.5 Å². The minimum absolute atomic E-state index is 0.509. The average Bonchev–Trinajstić information content (AvgIpc) is 2.96. The zero-order valence-corrected chi connectivity index (χ0v) is 10.5. The highest BCUT2D eigenvalue weighted by Crippen LogP contribution is 2.55. The van der Waals surface area contributed by atoms with Gasteiger partial charge in [0.05, 0.1) is 6.10 Å². The molecule has 0 amide bonds. The molecule has 3 aliphatic rings. The molecule has 3 rings (SSSR count). The Bertz CT molecular complexity index is 247. The number of rotatable bonds is 5. The van der Waals surface area contributed by atoms with Crippen molar-refractivity contribution in [3.63, 3.8) is 0 Å². The predicted molar refractivity (Wildman–Crippen MR) is 65.4 cm³/mol. The Kier molecular flexibility index (Phi) is 2.97. The van der Waals surface area contributed by atoms with Crippen LogP contribution in [0.15, 0.2) is 0 Å². The van der Waals surface area contributed by atoms with Crippen molar-refractivity contribution in [3.8, 4) is 0 Å². The van der Waals surface area contributed by atoms with Gasteiger partial charge in [-0.15, -0.1) is 0 Å². The van der Waals surface area contributed by atoms with Gasteiger partial charge in [-0.1, -0.05) is 13.3 Å². The molecule has 0 aromatic heterocycles. The number of hydrogen-bond acceptors (Lipinski definition) is 2. The SMILES string of the molecule is CCNCC1(C2CCC2)CCOC1C1CC1. The van der Waals surface area contributed by atoms with E-state index in [-0.39, 0.29) is 0 Å². The molecule has 0 aromatic rings. The van der Waals surface area contributed by atoms with Crippen LogP contribution in [0.4, 0.5) is 0 Å². The molecule has 1 heterocycles. The van der Waals surface area contributed by atoms with Crippen LogP contribution in [-0.4, -0.2) is 25.8 Å². The zero-order valence-electron chi connectivity index (χ0n) is 10.5. The molecule has 1 N–H and O–H groups in total. The van der Waals surface area contributed by atoms with Crippen LogP contribution in [0.2, 0.25) is 0 Å². The lowest BCUT2D eigenvalue weighted by Gasteiger charge is -2.46. The van der Waals surface area contributed by atoms with E-state index in [0.29, 0.717) is 11.5 Å². The highest BCUT2D eigenvalue weighted by molar-refractivity contribution is 5.05. The largest absolute Gasteiger partial charge is 0.377 e. The van der Waals surface area contributed by atoms with Crippen LogP contribution in [0.25, 0.3) is 0 Å². The first kappa shape index (κ1) is 11.0. The van der Waals surface area contributed by atoms with Crippen LogP contribution in [0.1, 0.15) is 45.4 Å². The molecule has 1 saturated heterocycles. The molecule has 2 saturated carbocycles. The van der Waals surface area contributed by atoms with Crippen LogP contribution in [0.3, 0.4) is 0 Å². The van der Waals surface area contributed by atoms with Gasteiger partial charge in [-0.25, -0.2) is 0 Å². The molecule has 2 nitrogen and oxygen atoms in total. The summed E-state index contributed by atoms with van der Waals surface area (Å²) < 4.78 is 6.11. The van der Waals surface area contributed by atoms with Crippen molar-refractivity contribution in [2.75, 3.05) is 19.7 Å². The van der Waals surface area contributed by atoms with E-state index in [0.717, 1.165) is 25.0 Å². The van der Waals surface area contributed by atoms with Crippen molar-refractivity contribution in [1.29, 1.82) is 0 Å². The Morgan fingerprint density at radius 1 is 1.25 bits per heavy atom. The van der Waals surface area contributed by atoms with E-state index < -0.39 is 0 Å². The van der Waals surface area contributed by atoms with Gasteiger partial charge >= 0.3 is 0 Å². The van der Waals surface area contributed by atoms with E-state index in [9.17, 15) is 0 Å². The first-order valence-corrected chi connectivity index (χ1v) is 7.19. The fourth-order valence-electron chi connectivity index (χ4n) is 3.80. The molecule has 1 aliphatic heterocycles. The number of ether oxygens (including phenoxy) is 1. The average molecular weight is 223 g/mol. The Morgan fingerprint density at radius 3 is 2.62 bits per heavy atom. The third-order valence-electron chi connectivity index (χ3n) is 5.10. The summed E-state index contributed by atoms with van der Waals surface area (Å²) in [6.07, 6.45) is 9.12. The topological polar surface area (TPSA) is 21.3 Å². The highest BCUT2D eigenvalue weighted by Gasteiger charge is 2.55. The zero-order chi connectivity index (χ0) is 11.0. The Labute approximate surface area is 99.1 Å². The van der Waals surface area contributed by atoms with E-state index in [1.165, 1.54) is 45.1 Å². The van der Waals surface area contributed by atoms with Gasteiger partial charge in [0, 0.05) is 18.6 Å². The molecule has 3 fully saturated rings. The monoisotopic (exact) mass is 223 g/mol. The fourth-order valence-corrected chi connectivity index (χ4v) is 3.80. The van der Waals surface area contributed by atoms with Crippen LogP contribution in [0.5, 0.6) is 0 Å². The maximum atomic E-state index is 6.11. The van der Waals surface area contributed by atoms with E-state index >= 15 is 0 Å². The highest BCUT2D eigenvalue weighted by atomic mass is 16.5. The van der Waals surface area contributed by atoms with Crippen LogP contribution in [0, 0.1) is 17.3 Å². The molecule has 0 bridgehead atoms. The molecule has 92 valence electrons. The molecule has 2 heteroatoms.